The number of halogens is 1. The van der Waals surface area contributed by atoms with Crippen molar-refractivity contribution < 1.29 is 0 Å². The molecule has 1 aromatic carbocycles. The van der Waals surface area contributed by atoms with E-state index in [2.05, 4.69) is 52.4 Å². The van der Waals surface area contributed by atoms with Gasteiger partial charge >= 0.3 is 0 Å². The molecular weight excluding hydrogens is 298 g/mol. The van der Waals surface area contributed by atoms with Crippen molar-refractivity contribution in [3.05, 3.63) is 34.3 Å². The van der Waals surface area contributed by atoms with E-state index in [9.17, 15) is 0 Å². The van der Waals surface area contributed by atoms with E-state index in [1.54, 1.807) is 0 Å². The molecule has 0 aromatic heterocycles. The fourth-order valence-corrected chi connectivity index (χ4v) is 3.39. The molecule has 1 atom stereocenters. The van der Waals surface area contributed by atoms with Crippen LogP contribution in [0.4, 0.5) is 0 Å². The van der Waals surface area contributed by atoms with Gasteiger partial charge in [-0.05, 0) is 43.0 Å². The third-order valence-electron chi connectivity index (χ3n) is 4.35. The minimum Gasteiger partial charge on any atom is -0.310 e. The van der Waals surface area contributed by atoms with E-state index in [-0.39, 0.29) is 0 Å². The van der Waals surface area contributed by atoms with E-state index in [0.717, 1.165) is 16.8 Å². The van der Waals surface area contributed by atoms with Crippen LogP contribution in [0.15, 0.2) is 28.7 Å². The third kappa shape index (κ3) is 4.92. The molecule has 0 radical (unpaired) electrons. The quantitative estimate of drug-likeness (QED) is 0.732. The molecule has 19 heavy (non-hydrogen) atoms. The normalized spacial score (nSPS) is 18.4. The minimum absolute atomic E-state index is 0.511. The maximum atomic E-state index is 3.74. The lowest BCUT2D eigenvalue weighted by Crippen LogP contribution is -2.24. The number of nitrogens with one attached hydrogen (secondary N) is 1. The Bertz CT molecular complexity index is 354. The summed E-state index contributed by atoms with van der Waals surface area (Å²) in [5.41, 5.74) is 1.41. The minimum atomic E-state index is 0.511. The van der Waals surface area contributed by atoms with Crippen LogP contribution in [0.2, 0.25) is 0 Å². The second-order valence-electron chi connectivity index (χ2n) is 5.76. The van der Waals surface area contributed by atoms with Gasteiger partial charge in [0, 0.05) is 10.5 Å². The molecule has 0 saturated heterocycles. The summed E-state index contributed by atoms with van der Waals surface area (Å²) in [6.45, 7) is 3.43. The van der Waals surface area contributed by atoms with Crippen molar-refractivity contribution in [2.24, 2.45) is 5.92 Å². The Labute approximate surface area is 126 Å². The van der Waals surface area contributed by atoms with Crippen molar-refractivity contribution in [3.63, 3.8) is 0 Å². The van der Waals surface area contributed by atoms with Gasteiger partial charge in [-0.25, -0.2) is 0 Å². The van der Waals surface area contributed by atoms with Crippen molar-refractivity contribution in [2.45, 2.75) is 57.9 Å². The first-order valence-corrected chi connectivity index (χ1v) is 8.57. The molecule has 1 N–H and O–H groups in total. The van der Waals surface area contributed by atoms with Crippen LogP contribution in [0.25, 0.3) is 0 Å². The van der Waals surface area contributed by atoms with Gasteiger partial charge in [-0.3, -0.25) is 0 Å². The molecule has 106 valence electrons. The molecule has 1 aliphatic rings. The highest BCUT2D eigenvalue weighted by Gasteiger charge is 2.14. The van der Waals surface area contributed by atoms with Crippen molar-refractivity contribution in [1.82, 2.24) is 5.32 Å². The van der Waals surface area contributed by atoms with Crippen molar-refractivity contribution in [1.29, 1.82) is 0 Å². The molecule has 0 bridgehead atoms. The zero-order valence-electron chi connectivity index (χ0n) is 12.0. The lowest BCUT2D eigenvalue weighted by molar-refractivity contribution is 0.327. The first-order valence-electron chi connectivity index (χ1n) is 7.78. The smallest absolute Gasteiger partial charge is 0.0317 e. The summed E-state index contributed by atoms with van der Waals surface area (Å²) >= 11 is 3.50. The second-order valence-corrected chi connectivity index (χ2v) is 6.67. The molecule has 1 nitrogen and oxygen atoms in total. The largest absolute Gasteiger partial charge is 0.310 e. The zero-order valence-corrected chi connectivity index (χ0v) is 13.6. The van der Waals surface area contributed by atoms with Crippen LogP contribution in [0, 0.1) is 5.92 Å². The topological polar surface area (TPSA) is 12.0 Å². The van der Waals surface area contributed by atoms with Crippen LogP contribution < -0.4 is 5.32 Å². The summed E-state index contributed by atoms with van der Waals surface area (Å²) < 4.78 is 1.16. The van der Waals surface area contributed by atoms with Crippen molar-refractivity contribution >= 4 is 15.9 Å². The Balaban J connectivity index is 1.77. The average Bonchev–Trinajstić information content (AvgIpc) is 2.46. The zero-order chi connectivity index (χ0) is 13.5. The van der Waals surface area contributed by atoms with E-state index in [4.69, 9.17) is 0 Å². The van der Waals surface area contributed by atoms with Crippen LogP contribution >= 0.6 is 15.9 Å². The molecule has 0 spiro atoms. The summed E-state index contributed by atoms with van der Waals surface area (Å²) in [6, 6.07) is 9.25. The molecule has 2 rings (SSSR count). The molecular formula is C17H26BrN. The highest BCUT2D eigenvalue weighted by Crippen LogP contribution is 2.26. The molecule has 1 unspecified atom stereocenters. The van der Waals surface area contributed by atoms with Crippen LogP contribution in [-0.4, -0.2) is 6.54 Å². The average molecular weight is 324 g/mol. The molecule has 0 aliphatic heterocycles. The number of rotatable bonds is 6. The third-order valence-corrected chi connectivity index (χ3v) is 4.88. The molecule has 2 heteroatoms. The van der Waals surface area contributed by atoms with E-state index < -0.39 is 0 Å². The first-order chi connectivity index (χ1) is 9.29. The lowest BCUT2D eigenvalue weighted by Gasteiger charge is -2.23. The molecule has 1 aliphatic carbocycles. The van der Waals surface area contributed by atoms with Gasteiger partial charge in [0.05, 0.1) is 0 Å². The van der Waals surface area contributed by atoms with Gasteiger partial charge in [-0.1, -0.05) is 67.1 Å². The van der Waals surface area contributed by atoms with Gasteiger partial charge in [0.25, 0.3) is 0 Å². The fourth-order valence-electron chi connectivity index (χ4n) is 3.13. The summed E-state index contributed by atoms with van der Waals surface area (Å²) in [7, 11) is 0. The van der Waals surface area contributed by atoms with Gasteiger partial charge < -0.3 is 5.32 Å². The number of hydrogen-bond acceptors (Lipinski definition) is 1. The molecule has 1 aromatic rings. The maximum Gasteiger partial charge on any atom is 0.0317 e. The monoisotopic (exact) mass is 323 g/mol. The van der Waals surface area contributed by atoms with Crippen molar-refractivity contribution in [3.8, 4) is 0 Å². The highest BCUT2D eigenvalue weighted by atomic mass is 79.9. The Kier molecular flexibility index (Phi) is 6.39. The Morgan fingerprint density at radius 3 is 2.47 bits per heavy atom. The highest BCUT2D eigenvalue weighted by molar-refractivity contribution is 9.10. The van der Waals surface area contributed by atoms with Gasteiger partial charge in [0.15, 0.2) is 0 Å². The molecule has 0 amide bonds. The van der Waals surface area contributed by atoms with E-state index >= 15 is 0 Å². The van der Waals surface area contributed by atoms with Crippen LogP contribution in [0.3, 0.4) is 0 Å². The van der Waals surface area contributed by atoms with E-state index in [0.29, 0.717) is 6.04 Å². The predicted octanol–water partition coefficient (Wildman–Crippen LogP) is 5.46. The fraction of sp³-hybridized carbons (Fsp3) is 0.647. The summed E-state index contributed by atoms with van der Waals surface area (Å²) in [5, 5.41) is 3.74. The summed E-state index contributed by atoms with van der Waals surface area (Å²) in [4.78, 5) is 0. The second kappa shape index (κ2) is 8.06. The first kappa shape index (κ1) is 15.1. The molecule has 1 saturated carbocycles. The number of hydrogen-bond donors (Lipinski definition) is 1. The lowest BCUT2D eigenvalue weighted by atomic mass is 9.87. The van der Waals surface area contributed by atoms with Crippen LogP contribution in [0.5, 0.6) is 0 Å². The molecule has 0 heterocycles. The Hall–Kier alpha value is -0.340. The van der Waals surface area contributed by atoms with Gasteiger partial charge in [0.2, 0.25) is 0 Å². The number of benzene rings is 1. The Morgan fingerprint density at radius 2 is 1.84 bits per heavy atom. The maximum absolute atomic E-state index is 3.74. The van der Waals surface area contributed by atoms with Gasteiger partial charge in [-0.2, -0.15) is 0 Å². The summed E-state index contributed by atoms with van der Waals surface area (Å²) in [6.07, 6.45) is 9.79. The SMILES string of the molecule is CCC(NCCC1CCCCC1)c1ccc(Br)cc1. The summed E-state index contributed by atoms with van der Waals surface area (Å²) in [5.74, 6) is 0.976. The van der Waals surface area contributed by atoms with E-state index in [1.165, 1.54) is 50.6 Å². The standard InChI is InChI=1S/C17H26BrN/c1-2-17(15-8-10-16(18)11-9-15)19-13-12-14-6-4-3-5-7-14/h8-11,14,17,19H,2-7,12-13H2,1H3. The Morgan fingerprint density at radius 1 is 1.16 bits per heavy atom. The van der Waals surface area contributed by atoms with Gasteiger partial charge in [-0.15, -0.1) is 0 Å². The van der Waals surface area contributed by atoms with E-state index in [1.807, 2.05) is 0 Å². The predicted molar refractivity (Wildman–Crippen MR) is 86.4 cm³/mol. The van der Waals surface area contributed by atoms with Crippen LogP contribution in [0.1, 0.15) is 63.5 Å². The van der Waals surface area contributed by atoms with Crippen LogP contribution in [-0.2, 0) is 0 Å². The van der Waals surface area contributed by atoms with Gasteiger partial charge in [0.1, 0.15) is 0 Å². The van der Waals surface area contributed by atoms with Crippen molar-refractivity contribution in [2.75, 3.05) is 6.54 Å². The molecule has 1 fully saturated rings.